The summed E-state index contributed by atoms with van der Waals surface area (Å²) in [4.78, 5) is 28.4. The number of hydrogen-bond donors (Lipinski definition) is 1. The molecule has 0 radical (unpaired) electrons. The molecule has 0 aliphatic carbocycles. The number of carbonyl (C=O) groups is 2. The van der Waals surface area contributed by atoms with Crippen LogP contribution in [0.5, 0.6) is 0 Å². The Hall–Kier alpha value is -4.01. The average molecular weight is 464 g/mol. The van der Waals surface area contributed by atoms with Crippen LogP contribution >= 0.6 is 0 Å². The Morgan fingerprint density at radius 2 is 1.85 bits per heavy atom. The van der Waals surface area contributed by atoms with Crippen molar-refractivity contribution in [2.45, 2.75) is 32.9 Å². The summed E-state index contributed by atoms with van der Waals surface area (Å²) in [6.45, 7) is 4.40. The fraction of sp³-hybridized carbons (Fsp3) is 0.280. The number of benzene rings is 2. The van der Waals surface area contributed by atoms with Crippen molar-refractivity contribution in [1.82, 2.24) is 20.3 Å². The SMILES string of the molecule is CC(C)CCNC(=O)C(c1ccco1)N(C(=O)Cn1nnc2ccccc21)c1ccc(F)cc1. The molecule has 0 aliphatic rings. The van der Waals surface area contributed by atoms with E-state index in [1.54, 1.807) is 18.2 Å². The smallest absolute Gasteiger partial charge is 0.251 e. The minimum atomic E-state index is -1.09. The molecule has 2 heterocycles. The molecule has 2 aromatic heterocycles. The van der Waals surface area contributed by atoms with Crippen molar-refractivity contribution in [3.05, 3.63) is 78.5 Å². The standard InChI is InChI=1S/C25H26FN5O3/c1-17(2)13-14-27-25(33)24(22-8-5-15-34-22)31(19-11-9-18(26)10-12-19)23(32)16-30-21-7-4-3-6-20(21)28-29-30/h3-12,15,17,24H,13-14,16H2,1-2H3,(H,27,33). The van der Waals surface area contributed by atoms with Crippen molar-refractivity contribution >= 4 is 28.5 Å². The lowest BCUT2D eigenvalue weighted by atomic mass is 10.1. The van der Waals surface area contributed by atoms with Crippen LogP contribution in [-0.4, -0.2) is 33.4 Å². The number of amides is 2. The number of carbonyl (C=O) groups excluding carboxylic acids is 2. The van der Waals surface area contributed by atoms with E-state index in [1.807, 2.05) is 18.2 Å². The predicted molar refractivity (Wildman–Crippen MR) is 125 cm³/mol. The molecule has 4 aromatic rings. The Kier molecular flexibility index (Phi) is 7.01. The number of aromatic nitrogens is 3. The number of hydrogen-bond acceptors (Lipinski definition) is 5. The summed E-state index contributed by atoms with van der Waals surface area (Å²) in [5.41, 5.74) is 1.69. The summed E-state index contributed by atoms with van der Waals surface area (Å²) in [7, 11) is 0. The highest BCUT2D eigenvalue weighted by Gasteiger charge is 2.35. The van der Waals surface area contributed by atoms with Crippen molar-refractivity contribution in [1.29, 1.82) is 0 Å². The highest BCUT2D eigenvalue weighted by molar-refractivity contribution is 6.01. The van der Waals surface area contributed by atoms with Crippen molar-refractivity contribution in [2.75, 3.05) is 11.4 Å². The van der Waals surface area contributed by atoms with E-state index < -0.39 is 23.7 Å². The summed E-state index contributed by atoms with van der Waals surface area (Å²) >= 11 is 0. The number of rotatable bonds is 9. The van der Waals surface area contributed by atoms with E-state index in [0.717, 1.165) is 6.42 Å². The second kappa shape index (κ2) is 10.3. The van der Waals surface area contributed by atoms with Gasteiger partial charge in [-0.25, -0.2) is 9.07 Å². The largest absolute Gasteiger partial charge is 0.467 e. The van der Waals surface area contributed by atoms with Crippen molar-refractivity contribution < 1.29 is 18.4 Å². The second-order valence-corrected chi connectivity index (χ2v) is 8.37. The Morgan fingerprint density at radius 1 is 1.09 bits per heavy atom. The van der Waals surface area contributed by atoms with E-state index >= 15 is 0 Å². The quantitative estimate of drug-likeness (QED) is 0.403. The molecule has 2 aromatic carbocycles. The van der Waals surface area contributed by atoms with Gasteiger partial charge in [0.25, 0.3) is 5.91 Å². The first-order valence-electron chi connectivity index (χ1n) is 11.1. The molecule has 0 bridgehead atoms. The highest BCUT2D eigenvalue weighted by Crippen LogP contribution is 2.29. The third-order valence-electron chi connectivity index (χ3n) is 5.42. The number of anilines is 1. The minimum Gasteiger partial charge on any atom is -0.467 e. The van der Waals surface area contributed by atoms with Crippen LogP contribution in [0.4, 0.5) is 10.1 Å². The van der Waals surface area contributed by atoms with Gasteiger partial charge in [0, 0.05) is 12.2 Å². The van der Waals surface area contributed by atoms with Crippen LogP contribution in [-0.2, 0) is 16.1 Å². The molecule has 0 spiro atoms. The van der Waals surface area contributed by atoms with Gasteiger partial charge in [0.05, 0.1) is 11.8 Å². The summed E-state index contributed by atoms with van der Waals surface area (Å²) < 4.78 is 20.7. The first-order chi connectivity index (χ1) is 16.4. The Bertz CT molecular complexity index is 1250. The Morgan fingerprint density at radius 3 is 2.56 bits per heavy atom. The van der Waals surface area contributed by atoms with Gasteiger partial charge in [-0.2, -0.15) is 0 Å². The normalized spacial score (nSPS) is 12.1. The van der Waals surface area contributed by atoms with Crippen LogP contribution in [0.1, 0.15) is 32.1 Å². The zero-order chi connectivity index (χ0) is 24.1. The van der Waals surface area contributed by atoms with Gasteiger partial charge in [-0.15, -0.1) is 5.10 Å². The molecule has 34 heavy (non-hydrogen) atoms. The molecule has 2 amide bonds. The summed E-state index contributed by atoms with van der Waals surface area (Å²) in [5.74, 6) is -0.574. The van der Waals surface area contributed by atoms with Crippen molar-refractivity contribution in [2.24, 2.45) is 5.92 Å². The van der Waals surface area contributed by atoms with Crippen LogP contribution in [0.2, 0.25) is 0 Å². The molecule has 1 unspecified atom stereocenters. The lowest BCUT2D eigenvalue weighted by Gasteiger charge is -2.30. The van der Waals surface area contributed by atoms with Crippen LogP contribution < -0.4 is 10.2 Å². The van der Waals surface area contributed by atoms with E-state index in [4.69, 9.17) is 4.42 Å². The van der Waals surface area contributed by atoms with Gasteiger partial charge in [0.2, 0.25) is 5.91 Å². The summed E-state index contributed by atoms with van der Waals surface area (Å²) in [6, 6.07) is 14.9. The predicted octanol–water partition coefficient (Wildman–Crippen LogP) is 4.10. The minimum absolute atomic E-state index is 0.172. The molecule has 1 atom stereocenters. The third-order valence-corrected chi connectivity index (χ3v) is 5.42. The third kappa shape index (κ3) is 5.14. The zero-order valence-corrected chi connectivity index (χ0v) is 19.0. The van der Waals surface area contributed by atoms with E-state index in [0.29, 0.717) is 34.9 Å². The van der Waals surface area contributed by atoms with Gasteiger partial charge in [-0.05, 0) is 60.9 Å². The van der Waals surface area contributed by atoms with E-state index in [9.17, 15) is 14.0 Å². The molecule has 8 nitrogen and oxygen atoms in total. The molecule has 0 fully saturated rings. The number of nitrogens with one attached hydrogen (secondary N) is 1. The molecule has 0 aliphatic heterocycles. The van der Waals surface area contributed by atoms with Gasteiger partial charge >= 0.3 is 0 Å². The average Bonchev–Trinajstić information content (AvgIpc) is 3.48. The summed E-state index contributed by atoms with van der Waals surface area (Å²) in [6.07, 6.45) is 2.23. The summed E-state index contributed by atoms with van der Waals surface area (Å²) in [5, 5.41) is 11.1. The molecule has 1 N–H and O–H groups in total. The maximum Gasteiger partial charge on any atom is 0.251 e. The molecular weight excluding hydrogens is 437 g/mol. The monoisotopic (exact) mass is 463 g/mol. The van der Waals surface area contributed by atoms with Gasteiger partial charge in [-0.3, -0.25) is 14.5 Å². The van der Waals surface area contributed by atoms with Gasteiger partial charge in [-0.1, -0.05) is 31.2 Å². The first kappa shape index (κ1) is 23.2. The Labute approximate surface area is 196 Å². The lowest BCUT2D eigenvalue weighted by molar-refractivity contribution is -0.127. The lowest BCUT2D eigenvalue weighted by Crippen LogP contribution is -2.45. The Balaban J connectivity index is 1.71. The van der Waals surface area contributed by atoms with Crippen LogP contribution in [0.25, 0.3) is 11.0 Å². The van der Waals surface area contributed by atoms with Crippen LogP contribution in [0.15, 0.2) is 71.3 Å². The van der Waals surface area contributed by atoms with Gasteiger partial charge in [0.1, 0.15) is 23.6 Å². The van der Waals surface area contributed by atoms with Crippen molar-refractivity contribution in [3.63, 3.8) is 0 Å². The maximum absolute atomic E-state index is 13.7. The second-order valence-electron chi connectivity index (χ2n) is 8.37. The fourth-order valence-electron chi connectivity index (χ4n) is 3.68. The van der Waals surface area contributed by atoms with E-state index in [2.05, 4.69) is 29.5 Å². The first-order valence-corrected chi connectivity index (χ1v) is 11.1. The van der Waals surface area contributed by atoms with E-state index in [-0.39, 0.29) is 6.54 Å². The van der Waals surface area contributed by atoms with Gasteiger partial charge < -0.3 is 9.73 Å². The van der Waals surface area contributed by atoms with E-state index in [1.165, 1.54) is 40.1 Å². The van der Waals surface area contributed by atoms with Gasteiger partial charge in [0.15, 0.2) is 6.04 Å². The maximum atomic E-state index is 13.7. The van der Waals surface area contributed by atoms with Crippen LogP contribution in [0, 0.1) is 11.7 Å². The molecule has 4 rings (SSSR count). The van der Waals surface area contributed by atoms with Crippen molar-refractivity contribution in [3.8, 4) is 0 Å². The topological polar surface area (TPSA) is 93.3 Å². The van der Waals surface area contributed by atoms with Crippen LogP contribution in [0.3, 0.4) is 0 Å². The number of fused-ring (bicyclic) bond motifs is 1. The number of para-hydroxylation sites is 1. The number of halogens is 1. The zero-order valence-electron chi connectivity index (χ0n) is 19.0. The molecule has 176 valence electrons. The number of nitrogens with zero attached hydrogens (tertiary/aromatic N) is 4. The fourth-order valence-corrected chi connectivity index (χ4v) is 3.68. The highest BCUT2D eigenvalue weighted by atomic mass is 19.1. The molecule has 9 heteroatoms. The molecular formula is C25H26FN5O3. The number of furan rings is 1. The molecule has 0 saturated heterocycles. The molecule has 0 saturated carbocycles.